The highest BCUT2D eigenvalue weighted by molar-refractivity contribution is 5.89. The van der Waals surface area contributed by atoms with E-state index in [4.69, 9.17) is 10.5 Å². The summed E-state index contributed by atoms with van der Waals surface area (Å²) >= 11 is 0. The third kappa shape index (κ3) is 4.38. The zero-order chi connectivity index (χ0) is 16.9. The molecule has 0 aromatic heterocycles. The summed E-state index contributed by atoms with van der Waals surface area (Å²) in [6, 6.07) is 8.28. The van der Waals surface area contributed by atoms with Crippen molar-refractivity contribution < 1.29 is 17.9 Å². The number of halogens is 3. The van der Waals surface area contributed by atoms with Gasteiger partial charge in [-0.25, -0.2) is 0 Å². The molecule has 0 unspecified atom stereocenters. The average Bonchev–Trinajstić information content (AvgIpc) is 2.53. The number of alkyl halides is 3. The van der Waals surface area contributed by atoms with E-state index in [1.54, 1.807) is 18.2 Å². The Hall–Kier alpha value is -1.75. The smallest absolute Gasteiger partial charge is 0.407 e. The Labute approximate surface area is 134 Å². The second-order valence-electron chi connectivity index (χ2n) is 5.63. The van der Waals surface area contributed by atoms with E-state index in [-0.39, 0.29) is 11.3 Å². The first-order valence-electron chi connectivity index (χ1n) is 7.92. The molecule has 0 heterocycles. The van der Waals surface area contributed by atoms with Crippen LogP contribution in [0.25, 0.3) is 10.8 Å². The second kappa shape index (κ2) is 7.68. The molecule has 0 saturated heterocycles. The van der Waals surface area contributed by atoms with Crippen molar-refractivity contribution in [1.82, 2.24) is 0 Å². The van der Waals surface area contributed by atoms with E-state index in [0.29, 0.717) is 12.0 Å². The SMILES string of the molecule is CCCCCCOc1c([C@H](N)C(F)(F)F)ccc2ccccc12. The lowest BCUT2D eigenvalue weighted by Gasteiger charge is -2.21. The summed E-state index contributed by atoms with van der Waals surface area (Å²) in [4.78, 5) is 0. The van der Waals surface area contributed by atoms with Crippen LogP contribution in [0.1, 0.15) is 44.2 Å². The summed E-state index contributed by atoms with van der Waals surface area (Å²) < 4.78 is 44.8. The van der Waals surface area contributed by atoms with E-state index in [0.717, 1.165) is 31.1 Å². The van der Waals surface area contributed by atoms with Crippen molar-refractivity contribution in [2.45, 2.75) is 44.8 Å². The largest absolute Gasteiger partial charge is 0.493 e. The Morgan fingerprint density at radius 1 is 1.04 bits per heavy atom. The van der Waals surface area contributed by atoms with Gasteiger partial charge in [0.25, 0.3) is 0 Å². The molecule has 23 heavy (non-hydrogen) atoms. The molecular formula is C18H22F3NO. The van der Waals surface area contributed by atoms with E-state index in [1.807, 2.05) is 12.1 Å². The van der Waals surface area contributed by atoms with Crippen LogP contribution in [0.5, 0.6) is 5.75 Å². The van der Waals surface area contributed by atoms with Crippen LogP contribution in [-0.2, 0) is 0 Å². The first-order chi connectivity index (χ1) is 10.9. The van der Waals surface area contributed by atoms with Gasteiger partial charge in [0.15, 0.2) is 0 Å². The highest BCUT2D eigenvalue weighted by Gasteiger charge is 2.39. The minimum atomic E-state index is -4.50. The summed E-state index contributed by atoms with van der Waals surface area (Å²) in [6.45, 7) is 2.50. The van der Waals surface area contributed by atoms with Crippen molar-refractivity contribution in [1.29, 1.82) is 0 Å². The third-order valence-corrected chi connectivity index (χ3v) is 3.84. The van der Waals surface area contributed by atoms with Crippen LogP contribution >= 0.6 is 0 Å². The third-order valence-electron chi connectivity index (χ3n) is 3.84. The number of benzene rings is 2. The molecule has 0 aliphatic rings. The van der Waals surface area contributed by atoms with Gasteiger partial charge in [-0.1, -0.05) is 62.6 Å². The van der Waals surface area contributed by atoms with Crippen LogP contribution in [0.15, 0.2) is 36.4 Å². The molecule has 0 spiro atoms. The van der Waals surface area contributed by atoms with Crippen LogP contribution < -0.4 is 10.5 Å². The number of fused-ring (bicyclic) bond motifs is 1. The molecule has 5 heteroatoms. The maximum absolute atomic E-state index is 13.0. The zero-order valence-corrected chi connectivity index (χ0v) is 13.2. The van der Waals surface area contributed by atoms with Crippen molar-refractivity contribution in [3.63, 3.8) is 0 Å². The minimum Gasteiger partial charge on any atom is -0.493 e. The van der Waals surface area contributed by atoms with Gasteiger partial charge in [0.05, 0.1) is 6.61 Å². The molecule has 126 valence electrons. The molecule has 0 amide bonds. The Balaban J connectivity index is 2.32. The maximum atomic E-state index is 13.0. The van der Waals surface area contributed by atoms with E-state index >= 15 is 0 Å². The highest BCUT2D eigenvalue weighted by Crippen LogP contribution is 2.39. The van der Waals surface area contributed by atoms with E-state index < -0.39 is 12.2 Å². The van der Waals surface area contributed by atoms with Crippen LogP contribution in [0.4, 0.5) is 13.2 Å². The molecule has 2 N–H and O–H groups in total. The molecule has 0 radical (unpaired) electrons. The normalized spacial score (nSPS) is 13.3. The van der Waals surface area contributed by atoms with Crippen LogP contribution in [-0.4, -0.2) is 12.8 Å². The minimum absolute atomic E-state index is 0.00769. The summed E-state index contributed by atoms with van der Waals surface area (Å²) in [6.07, 6.45) is -0.491. The van der Waals surface area contributed by atoms with E-state index in [9.17, 15) is 13.2 Å². The topological polar surface area (TPSA) is 35.2 Å². The highest BCUT2D eigenvalue weighted by atomic mass is 19.4. The Morgan fingerprint density at radius 3 is 2.48 bits per heavy atom. The molecule has 2 rings (SSSR count). The van der Waals surface area contributed by atoms with E-state index in [1.165, 1.54) is 6.07 Å². The zero-order valence-electron chi connectivity index (χ0n) is 13.2. The first kappa shape index (κ1) is 17.6. The van der Waals surface area contributed by atoms with Crippen molar-refractivity contribution >= 4 is 10.8 Å². The van der Waals surface area contributed by atoms with Gasteiger partial charge in [-0.05, 0) is 11.8 Å². The van der Waals surface area contributed by atoms with Gasteiger partial charge in [-0.2, -0.15) is 13.2 Å². The van der Waals surface area contributed by atoms with Gasteiger partial charge < -0.3 is 10.5 Å². The lowest BCUT2D eigenvalue weighted by molar-refractivity contribution is -0.149. The number of rotatable bonds is 7. The monoisotopic (exact) mass is 325 g/mol. The Bertz CT molecular complexity index is 640. The lowest BCUT2D eigenvalue weighted by atomic mass is 10.00. The quantitative estimate of drug-likeness (QED) is 0.695. The number of hydrogen-bond donors (Lipinski definition) is 1. The van der Waals surface area contributed by atoms with Gasteiger partial charge in [0.2, 0.25) is 0 Å². The number of hydrogen-bond acceptors (Lipinski definition) is 2. The molecule has 0 aliphatic carbocycles. The van der Waals surface area contributed by atoms with Crippen molar-refractivity contribution in [3.05, 3.63) is 42.0 Å². The fourth-order valence-electron chi connectivity index (χ4n) is 2.55. The first-order valence-corrected chi connectivity index (χ1v) is 7.92. The molecular weight excluding hydrogens is 303 g/mol. The Kier molecular flexibility index (Phi) is 5.88. The van der Waals surface area contributed by atoms with Crippen LogP contribution in [0.2, 0.25) is 0 Å². The van der Waals surface area contributed by atoms with Crippen molar-refractivity contribution in [3.8, 4) is 5.75 Å². The molecule has 0 fully saturated rings. The predicted octanol–water partition coefficient (Wildman–Crippen LogP) is 5.36. The van der Waals surface area contributed by atoms with Gasteiger partial charge in [-0.3, -0.25) is 0 Å². The Morgan fingerprint density at radius 2 is 1.78 bits per heavy atom. The molecule has 1 atom stereocenters. The number of unbranched alkanes of at least 4 members (excludes halogenated alkanes) is 3. The van der Waals surface area contributed by atoms with Gasteiger partial charge in [0.1, 0.15) is 11.8 Å². The second-order valence-corrected chi connectivity index (χ2v) is 5.63. The molecule has 2 nitrogen and oxygen atoms in total. The predicted molar refractivity (Wildman–Crippen MR) is 86.6 cm³/mol. The maximum Gasteiger partial charge on any atom is 0.407 e. The molecule has 2 aromatic carbocycles. The fourth-order valence-corrected chi connectivity index (χ4v) is 2.55. The summed E-state index contributed by atoms with van der Waals surface area (Å²) in [5, 5.41) is 1.51. The van der Waals surface area contributed by atoms with Gasteiger partial charge >= 0.3 is 6.18 Å². The summed E-state index contributed by atoms with van der Waals surface area (Å²) in [5.41, 5.74) is 5.40. The van der Waals surface area contributed by atoms with Crippen molar-refractivity contribution in [2.75, 3.05) is 6.61 Å². The number of nitrogens with two attached hydrogens (primary N) is 1. The van der Waals surface area contributed by atoms with E-state index in [2.05, 4.69) is 6.92 Å². The van der Waals surface area contributed by atoms with Gasteiger partial charge in [0, 0.05) is 10.9 Å². The molecule has 0 saturated carbocycles. The average molecular weight is 325 g/mol. The lowest BCUT2D eigenvalue weighted by Crippen LogP contribution is -2.29. The van der Waals surface area contributed by atoms with Crippen LogP contribution in [0, 0.1) is 0 Å². The summed E-state index contributed by atoms with van der Waals surface area (Å²) in [5.74, 6) is 0.254. The van der Waals surface area contributed by atoms with Gasteiger partial charge in [-0.15, -0.1) is 0 Å². The summed E-state index contributed by atoms with van der Waals surface area (Å²) in [7, 11) is 0. The molecule has 0 bridgehead atoms. The van der Waals surface area contributed by atoms with Crippen molar-refractivity contribution in [2.24, 2.45) is 5.73 Å². The van der Waals surface area contributed by atoms with Crippen LogP contribution in [0.3, 0.4) is 0 Å². The molecule has 0 aliphatic heterocycles. The number of ether oxygens (including phenoxy) is 1. The fraction of sp³-hybridized carbons (Fsp3) is 0.444. The molecule has 2 aromatic rings. The standard InChI is InChI=1S/C18H22F3NO/c1-2-3-4-7-12-23-16-14-9-6-5-8-13(14)10-11-15(16)17(22)18(19,20)21/h5-6,8-11,17H,2-4,7,12,22H2,1H3/t17-/m0/s1.